The maximum absolute atomic E-state index is 11.2. The van der Waals surface area contributed by atoms with Gasteiger partial charge in [0.2, 0.25) is 5.89 Å². The molecule has 0 aliphatic heterocycles. The van der Waals surface area contributed by atoms with Gasteiger partial charge in [-0.15, -0.1) is 0 Å². The quantitative estimate of drug-likeness (QED) is 0.814. The summed E-state index contributed by atoms with van der Waals surface area (Å²) in [6.07, 6.45) is 0.618. The largest absolute Gasteiger partial charge is 0.476 e. The molecule has 0 aliphatic carbocycles. The summed E-state index contributed by atoms with van der Waals surface area (Å²) < 4.78 is 5.55. The summed E-state index contributed by atoms with van der Waals surface area (Å²) in [5.74, 6) is -0.625. The molecule has 0 aromatic carbocycles. The van der Waals surface area contributed by atoms with Gasteiger partial charge in [-0.2, -0.15) is 0 Å². The lowest BCUT2D eigenvalue weighted by Crippen LogP contribution is -2.12. The van der Waals surface area contributed by atoms with E-state index in [1.54, 1.807) is 13.0 Å². The molecule has 7 heteroatoms. The van der Waals surface area contributed by atoms with Crippen LogP contribution < -0.4 is 5.32 Å². The molecule has 6 nitrogen and oxygen atoms in total. The molecule has 0 fully saturated rings. The highest BCUT2D eigenvalue weighted by molar-refractivity contribution is 6.29. The molecule has 2 aromatic rings. The number of carboxylic acid groups (broad SMARTS) is 1. The number of aromatic nitrogens is 2. The molecule has 0 saturated carbocycles. The Kier molecular flexibility index (Phi) is 4.71. The van der Waals surface area contributed by atoms with Crippen molar-refractivity contribution in [3.63, 3.8) is 0 Å². The molecule has 0 unspecified atom stereocenters. The van der Waals surface area contributed by atoms with Crippen molar-refractivity contribution < 1.29 is 14.3 Å². The van der Waals surface area contributed by atoms with Gasteiger partial charge in [-0.25, -0.2) is 14.8 Å². The number of halogens is 1. The third kappa shape index (κ3) is 3.22. The predicted molar refractivity (Wildman–Crippen MR) is 84.6 cm³/mol. The Balaban J connectivity index is 2.66. The molecular weight excluding hydrogens is 306 g/mol. The topological polar surface area (TPSA) is 88.2 Å². The Morgan fingerprint density at radius 2 is 2.14 bits per heavy atom. The van der Waals surface area contributed by atoms with E-state index in [0.29, 0.717) is 22.8 Å². The summed E-state index contributed by atoms with van der Waals surface area (Å²) in [5, 5.41) is 12.8. The van der Waals surface area contributed by atoms with Crippen LogP contribution in [0.5, 0.6) is 0 Å². The van der Waals surface area contributed by atoms with E-state index in [1.165, 1.54) is 0 Å². The van der Waals surface area contributed by atoms with Crippen molar-refractivity contribution in [3.8, 4) is 11.5 Å². The smallest absolute Gasteiger partial charge is 0.358 e. The third-order valence-electron chi connectivity index (χ3n) is 3.06. The van der Waals surface area contributed by atoms with Crippen LogP contribution in [-0.4, -0.2) is 27.1 Å². The number of nitrogens with one attached hydrogen (secondary N) is 1. The fourth-order valence-corrected chi connectivity index (χ4v) is 2.40. The van der Waals surface area contributed by atoms with Crippen LogP contribution in [0.4, 0.5) is 5.69 Å². The van der Waals surface area contributed by atoms with Crippen molar-refractivity contribution in [2.75, 3.05) is 5.32 Å². The number of hydrogen-bond donors (Lipinski definition) is 2. The normalized spacial score (nSPS) is 11.0. The Morgan fingerprint density at radius 1 is 1.45 bits per heavy atom. The average Bonchev–Trinajstić information content (AvgIpc) is 2.79. The molecular formula is C15H18ClN3O3. The maximum atomic E-state index is 11.2. The van der Waals surface area contributed by atoms with E-state index in [2.05, 4.69) is 15.3 Å². The summed E-state index contributed by atoms with van der Waals surface area (Å²) in [6, 6.07) is 1.85. The monoisotopic (exact) mass is 323 g/mol. The van der Waals surface area contributed by atoms with E-state index in [-0.39, 0.29) is 23.4 Å². The van der Waals surface area contributed by atoms with Gasteiger partial charge < -0.3 is 14.8 Å². The lowest BCUT2D eigenvalue weighted by atomic mass is 10.1. The van der Waals surface area contributed by atoms with Gasteiger partial charge in [-0.05, 0) is 33.3 Å². The number of oxazole rings is 1. The molecule has 0 radical (unpaired) electrons. The second-order valence-corrected chi connectivity index (χ2v) is 5.58. The first-order valence-corrected chi connectivity index (χ1v) is 7.38. The molecule has 0 amide bonds. The Hall–Kier alpha value is -2.08. The number of pyridine rings is 1. The van der Waals surface area contributed by atoms with Gasteiger partial charge in [0.25, 0.3) is 0 Å². The highest BCUT2D eigenvalue weighted by Gasteiger charge is 2.22. The number of aryl methyl sites for hydroxylation is 2. The number of carboxylic acids is 1. The second-order valence-electron chi connectivity index (χ2n) is 5.20. The van der Waals surface area contributed by atoms with Crippen LogP contribution >= 0.6 is 11.6 Å². The van der Waals surface area contributed by atoms with Crippen LogP contribution in [0, 0.1) is 6.92 Å². The Bertz CT molecular complexity index is 710. The number of hydrogen-bond acceptors (Lipinski definition) is 5. The standard InChI is InChI=1S/C15H18ClN3O3/c1-5-9-12(10(17-7(2)3)6-11(16)18-9)14-19-13(15(20)21)8(4)22-14/h6-7H,5H2,1-4H3,(H,17,18)(H,20,21). The number of rotatable bonds is 5. The van der Waals surface area contributed by atoms with Crippen LogP contribution in [-0.2, 0) is 6.42 Å². The zero-order valence-electron chi connectivity index (χ0n) is 12.9. The molecule has 22 heavy (non-hydrogen) atoms. The van der Waals surface area contributed by atoms with Gasteiger partial charge >= 0.3 is 5.97 Å². The minimum absolute atomic E-state index is 0.0949. The highest BCUT2D eigenvalue weighted by atomic mass is 35.5. The van der Waals surface area contributed by atoms with E-state index < -0.39 is 5.97 Å². The molecule has 0 aliphatic rings. The summed E-state index contributed by atoms with van der Waals surface area (Å²) in [6.45, 7) is 7.50. The molecule has 0 bridgehead atoms. The molecule has 2 rings (SSSR count). The number of nitrogens with zero attached hydrogens (tertiary/aromatic N) is 2. The fourth-order valence-electron chi connectivity index (χ4n) is 2.18. The molecule has 0 spiro atoms. The van der Waals surface area contributed by atoms with Crippen molar-refractivity contribution in [2.24, 2.45) is 0 Å². The van der Waals surface area contributed by atoms with Gasteiger partial charge in [-0.3, -0.25) is 0 Å². The van der Waals surface area contributed by atoms with Gasteiger partial charge in [0.1, 0.15) is 10.9 Å². The summed E-state index contributed by atoms with van der Waals surface area (Å²) in [4.78, 5) is 19.6. The molecule has 2 aromatic heterocycles. The lowest BCUT2D eigenvalue weighted by molar-refractivity contribution is 0.0689. The van der Waals surface area contributed by atoms with Gasteiger partial charge in [-0.1, -0.05) is 18.5 Å². The first kappa shape index (κ1) is 16.3. The van der Waals surface area contributed by atoms with Crippen LogP contribution in [0.25, 0.3) is 11.5 Å². The summed E-state index contributed by atoms with van der Waals surface area (Å²) in [7, 11) is 0. The first-order valence-electron chi connectivity index (χ1n) is 7.00. The van der Waals surface area contributed by atoms with E-state index >= 15 is 0 Å². The molecule has 2 N–H and O–H groups in total. The zero-order valence-corrected chi connectivity index (χ0v) is 13.7. The molecule has 118 valence electrons. The van der Waals surface area contributed by atoms with Gasteiger partial charge in [0.05, 0.1) is 16.9 Å². The van der Waals surface area contributed by atoms with Gasteiger partial charge in [0, 0.05) is 6.04 Å². The van der Waals surface area contributed by atoms with Crippen LogP contribution in [0.1, 0.15) is 42.7 Å². The van der Waals surface area contributed by atoms with Crippen LogP contribution in [0.2, 0.25) is 5.15 Å². The minimum Gasteiger partial charge on any atom is -0.476 e. The van der Waals surface area contributed by atoms with E-state index in [4.69, 9.17) is 21.1 Å². The molecule has 0 saturated heterocycles. The number of aromatic carboxylic acids is 1. The summed E-state index contributed by atoms with van der Waals surface area (Å²) in [5.41, 5.74) is 1.98. The summed E-state index contributed by atoms with van der Waals surface area (Å²) >= 11 is 6.06. The van der Waals surface area contributed by atoms with Crippen molar-refractivity contribution >= 4 is 23.3 Å². The molecule has 0 atom stereocenters. The molecule has 2 heterocycles. The first-order chi connectivity index (χ1) is 10.3. The maximum Gasteiger partial charge on any atom is 0.358 e. The Labute approximate surface area is 133 Å². The van der Waals surface area contributed by atoms with Crippen molar-refractivity contribution in [2.45, 2.75) is 40.2 Å². The van der Waals surface area contributed by atoms with Crippen molar-refractivity contribution in [3.05, 3.63) is 28.4 Å². The third-order valence-corrected chi connectivity index (χ3v) is 3.25. The van der Waals surface area contributed by atoms with Crippen LogP contribution in [0.15, 0.2) is 10.5 Å². The fraction of sp³-hybridized carbons (Fsp3) is 0.400. The minimum atomic E-state index is -1.12. The van der Waals surface area contributed by atoms with Crippen LogP contribution in [0.3, 0.4) is 0 Å². The van der Waals surface area contributed by atoms with E-state index in [0.717, 1.165) is 5.69 Å². The average molecular weight is 324 g/mol. The van der Waals surface area contributed by atoms with Gasteiger partial charge in [0.15, 0.2) is 5.69 Å². The number of anilines is 1. The Morgan fingerprint density at radius 3 is 2.64 bits per heavy atom. The predicted octanol–water partition coefficient (Wildman–Crippen LogP) is 3.78. The van der Waals surface area contributed by atoms with Crippen molar-refractivity contribution in [1.82, 2.24) is 9.97 Å². The van der Waals surface area contributed by atoms with E-state index in [9.17, 15) is 4.79 Å². The van der Waals surface area contributed by atoms with E-state index in [1.807, 2.05) is 20.8 Å². The second kappa shape index (κ2) is 6.36. The number of carbonyl (C=O) groups is 1. The highest BCUT2D eigenvalue weighted by Crippen LogP contribution is 2.34. The SMILES string of the molecule is CCc1nc(Cl)cc(NC(C)C)c1-c1nc(C(=O)O)c(C)o1. The zero-order chi connectivity index (χ0) is 16.4. The lowest BCUT2D eigenvalue weighted by Gasteiger charge is -2.15. The van der Waals surface area contributed by atoms with Crippen molar-refractivity contribution in [1.29, 1.82) is 0 Å².